The molecule has 0 bridgehead atoms. The Kier molecular flexibility index (Phi) is 8.04. The van der Waals surface area contributed by atoms with E-state index in [0.717, 1.165) is 22.4 Å². The van der Waals surface area contributed by atoms with Crippen LogP contribution in [0.15, 0.2) is 66.9 Å². The Labute approximate surface area is 224 Å². The molecule has 1 heterocycles. The zero-order chi connectivity index (χ0) is 25.8. The molecule has 4 rings (SSSR count). The molecular weight excluding hydrogens is 519 g/mol. The normalized spacial score (nSPS) is 11.4. The standard InChI is InChI=1S/C28H23Cl3N2O3/c1-17(2)33-25(21(15-32-33)27-22(29)7-4-8-23(27)30)16-36-26-12-11-19(14-24(26)31)10-9-18-5-3-6-20(13-18)28(34)35/h3-15,17H,16H2,1-2H3,(H,34,35). The monoisotopic (exact) mass is 540 g/mol. The van der Waals surface area contributed by atoms with Crippen molar-refractivity contribution in [3.05, 3.63) is 104 Å². The number of halogens is 3. The Bertz CT molecular complexity index is 1420. The predicted octanol–water partition coefficient (Wildman–Crippen LogP) is 8.54. The van der Waals surface area contributed by atoms with Gasteiger partial charge in [0.25, 0.3) is 0 Å². The Morgan fingerprint density at radius 2 is 1.64 bits per heavy atom. The molecule has 184 valence electrons. The van der Waals surface area contributed by atoms with Crippen LogP contribution < -0.4 is 4.74 Å². The molecule has 0 saturated carbocycles. The lowest BCUT2D eigenvalue weighted by Crippen LogP contribution is -2.11. The van der Waals surface area contributed by atoms with Crippen molar-refractivity contribution >= 4 is 52.9 Å². The first-order valence-electron chi connectivity index (χ1n) is 11.2. The number of aromatic carboxylic acids is 1. The fraction of sp³-hybridized carbons (Fsp3) is 0.143. The fourth-order valence-corrected chi connectivity index (χ4v) is 4.64. The second-order valence-corrected chi connectivity index (χ2v) is 9.60. The van der Waals surface area contributed by atoms with Gasteiger partial charge in [0, 0.05) is 17.2 Å². The number of hydrogen-bond donors (Lipinski definition) is 1. The van der Waals surface area contributed by atoms with Gasteiger partial charge in [0.2, 0.25) is 0 Å². The first kappa shape index (κ1) is 25.8. The quantitative estimate of drug-likeness (QED) is 0.227. The SMILES string of the molecule is CC(C)n1ncc(-c2c(Cl)cccc2Cl)c1COc1ccc(C=Cc2cccc(C(=O)O)c2)cc1Cl. The van der Waals surface area contributed by atoms with Gasteiger partial charge < -0.3 is 9.84 Å². The van der Waals surface area contributed by atoms with Crippen molar-refractivity contribution in [2.45, 2.75) is 26.5 Å². The van der Waals surface area contributed by atoms with Crippen LogP contribution in [0.1, 0.15) is 47.1 Å². The maximum atomic E-state index is 11.2. The second-order valence-electron chi connectivity index (χ2n) is 8.38. The summed E-state index contributed by atoms with van der Waals surface area (Å²) in [6, 6.07) is 17.7. The van der Waals surface area contributed by atoms with E-state index < -0.39 is 5.97 Å². The molecule has 4 aromatic rings. The average Bonchev–Trinajstić information content (AvgIpc) is 3.26. The van der Waals surface area contributed by atoms with Gasteiger partial charge in [-0.3, -0.25) is 4.68 Å². The van der Waals surface area contributed by atoms with Gasteiger partial charge >= 0.3 is 5.97 Å². The summed E-state index contributed by atoms with van der Waals surface area (Å²) in [5.41, 5.74) is 4.21. The Morgan fingerprint density at radius 1 is 0.972 bits per heavy atom. The van der Waals surface area contributed by atoms with Crippen LogP contribution in [0.2, 0.25) is 15.1 Å². The number of carboxylic acid groups (broad SMARTS) is 1. The zero-order valence-corrected chi connectivity index (χ0v) is 21.8. The molecule has 0 aliphatic rings. The van der Waals surface area contributed by atoms with Crippen LogP contribution in [-0.4, -0.2) is 20.9 Å². The lowest BCUT2D eigenvalue weighted by Gasteiger charge is -2.15. The number of nitrogens with zero attached hydrogens (tertiary/aromatic N) is 2. The maximum Gasteiger partial charge on any atom is 0.335 e. The van der Waals surface area contributed by atoms with Crippen molar-refractivity contribution in [2.75, 3.05) is 0 Å². The molecule has 5 nitrogen and oxygen atoms in total. The number of benzene rings is 3. The highest BCUT2D eigenvalue weighted by Crippen LogP contribution is 2.38. The average molecular weight is 542 g/mol. The van der Waals surface area contributed by atoms with Gasteiger partial charge in [0.1, 0.15) is 12.4 Å². The molecule has 3 aromatic carbocycles. The summed E-state index contributed by atoms with van der Waals surface area (Å²) in [6.45, 7) is 4.29. The second kappa shape index (κ2) is 11.2. The van der Waals surface area contributed by atoms with Gasteiger partial charge in [0.05, 0.1) is 32.5 Å². The van der Waals surface area contributed by atoms with Crippen molar-refractivity contribution in [3.63, 3.8) is 0 Å². The maximum absolute atomic E-state index is 11.2. The van der Waals surface area contributed by atoms with Gasteiger partial charge in [-0.1, -0.05) is 71.2 Å². The van der Waals surface area contributed by atoms with Gasteiger partial charge in [-0.2, -0.15) is 5.10 Å². The summed E-state index contributed by atoms with van der Waals surface area (Å²) in [6.07, 6.45) is 5.45. The molecule has 0 amide bonds. The van der Waals surface area contributed by atoms with Crippen LogP contribution in [0.25, 0.3) is 23.3 Å². The van der Waals surface area contributed by atoms with Crippen LogP contribution in [0, 0.1) is 0 Å². The molecule has 0 unspecified atom stereocenters. The Morgan fingerprint density at radius 3 is 2.28 bits per heavy atom. The van der Waals surface area contributed by atoms with Crippen LogP contribution in [0.3, 0.4) is 0 Å². The number of aromatic nitrogens is 2. The summed E-state index contributed by atoms with van der Waals surface area (Å²) >= 11 is 19.5. The van der Waals surface area contributed by atoms with Crippen LogP contribution in [-0.2, 0) is 6.61 Å². The third-order valence-corrected chi connectivity index (χ3v) is 6.47. The van der Waals surface area contributed by atoms with Gasteiger partial charge in [-0.15, -0.1) is 0 Å². The molecule has 0 spiro atoms. The van der Waals surface area contributed by atoms with Crippen LogP contribution in [0.5, 0.6) is 5.75 Å². The van der Waals surface area contributed by atoms with Crippen molar-refractivity contribution in [1.29, 1.82) is 0 Å². The van der Waals surface area contributed by atoms with E-state index in [-0.39, 0.29) is 18.2 Å². The number of hydrogen-bond acceptors (Lipinski definition) is 3. The third kappa shape index (κ3) is 5.76. The number of carbonyl (C=O) groups is 1. The summed E-state index contributed by atoms with van der Waals surface area (Å²) < 4.78 is 7.99. The lowest BCUT2D eigenvalue weighted by molar-refractivity contribution is 0.0697. The summed E-state index contributed by atoms with van der Waals surface area (Å²) in [4.78, 5) is 11.2. The number of ether oxygens (including phenoxy) is 1. The van der Waals surface area contributed by atoms with Crippen molar-refractivity contribution in [3.8, 4) is 16.9 Å². The lowest BCUT2D eigenvalue weighted by atomic mass is 10.1. The van der Waals surface area contributed by atoms with E-state index in [2.05, 4.69) is 5.10 Å². The molecule has 36 heavy (non-hydrogen) atoms. The van der Waals surface area contributed by atoms with E-state index >= 15 is 0 Å². The topological polar surface area (TPSA) is 64.4 Å². The molecule has 0 aliphatic heterocycles. The van der Waals surface area contributed by atoms with Crippen molar-refractivity contribution in [2.24, 2.45) is 0 Å². The summed E-state index contributed by atoms with van der Waals surface area (Å²) in [7, 11) is 0. The van der Waals surface area contributed by atoms with E-state index in [0.29, 0.717) is 26.4 Å². The van der Waals surface area contributed by atoms with E-state index in [4.69, 9.17) is 44.6 Å². The highest BCUT2D eigenvalue weighted by molar-refractivity contribution is 6.39. The molecule has 1 N–H and O–H groups in total. The summed E-state index contributed by atoms with van der Waals surface area (Å²) in [5, 5.41) is 15.2. The van der Waals surface area contributed by atoms with Gasteiger partial charge in [0.15, 0.2) is 0 Å². The molecule has 0 fully saturated rings. The molecular formula is C28H23Cl3N2O3. The van der Waals surface area contributed by atoms with E-state index in [1.54, 1.807) is 54.7 Å². The highest BCUT2D eigenvalue weighted by Gasteiger charge is 2.20. The zero-order valence-electron chi connectivity index (χ0n) is 19.6. The Hall–Kier alpha value is -3.25. The first-order valence-corrected chi connectivity index (χ1v) is 12.3. The molecule has 0 aliphatic carbocycles. The minimum Gasteiger partial charge on any atom is -0.486 e. The molecule has 0 radical (unpaired) electrons. The Balaban J connectivity index is 1.56. The molecule has 1 aromatic heterocycles. The molecule has 0 atom stereocenters. The molecule has 0 saturated heterocycles. The van der Waals surface area contributed by atoms with Crippen molar-refractivity contribution < 1.29 is 14.6 Å². The van der Waals surface area contributed by atoms with E-state index in [9.17, 15) is 4.79 Å². The fourth-order valence-electron chi connectivity index (χ4n) is 3.79. The van der Waals surface area contributed by atoms with Crippen LogP contribution in [0.4, 0.5) is 0 Å². The highest BCUT2D eigenvalue weighted by atomic mass is 35.5. The predicted molar refractivity (Wildman–Crippen MR) is 146 cm³/mol. The van der Waals surface area contributed by atoms with Gasteiger partial charge in [-0.25, -0.2) is 4.79 Å². The third-order valence-electron chi connectivity index (χ3n) is 5.54. The van der Waals surface area contributed by atoms with Crippen LogP contribution >= 0.6 is 34.8 Å². The first-order chi connectivity index (χ1) is 17.2. The summed E-state index contributed by atoms with van der Waals surface area (Å²) in [5.74, 6) is -0.442. The minimum atomic E-state index is -0.964. The van der Waals surface area contributed by atoms with E-state index in [1.165, 1.54) is 0 Å². The number of rotatable bonds is 8. The number of carboxylic acids is 1. The van der Waals surface area contributed by atoms with Gasteiger partial charge in [-0.05, 0) is 61.4 Å². The minimum absolute atomic E-state index is 0.0984. The smallest absolute Gasteiger partial charge is 0.335 e. The largest absolute Gasteiger partial charge is 0.486 e. The molecule has 8 heteroatoms. The van der Waals surface area contributed by atoms with Crippen molar-refractivity contribution in [1.82, 2.24) is 9.78 Å². The van der Waals surface area contributed by atoms with E-state index in [1.807, 2.05) is 42.8 Å².